The maximum absolute atomic E-state index is 12.0. The Morgan fingerprint density at radius 1 is 1.29 bits per heavy atom. The number of ether oxygens (including phenoxy) is 2. The molecule has 1 fully saturated rings. The van der Waals surface area contributed by atoms with Gasteiger partial charge in [0, 0.05) is 13.0 Å². The van der Waals surface area contributed by atoms with Crippen LogP contribution in [-0.4, -0.2) is 52.8 Å². The number of hydrogen-bond acceptors (Lipinski definition) is 5. The van der Waals surface area contributed by atoms with Crippen molar-refractivity contribution in [2.75, 3.05) is 13.2 Å². The third kappa shape index (κ3) is 6.01. The summed E-state index contributed by atoms with van der Waals surface area (Å²) in [6.07, 6.45) is 0.950. The first kappa shape index (κ1) is 17.3. The summed E-state index contributed by atoms with van der Waals surface area (Å²) in [4.78, 5) is 35.7. The second-order valence-corrected chi connectivity index (χ2v) is 6.00. The highest BCUT2D eigenvalue weighted by Gasteiger charge is 2.37. The van der Waals surface area contributed by atoms with Crippen LogP contribution in [0.2, 0.25) is 0 Å². The standard InChI is InChI=1S/C14H23NO6/c1-14(2,3)21-13(19)15-8-4-6-10(15)12(18)20-9-5-7-11(16)17/h10H,4-9H2,1-3H3,(H,16,17). The molecule has 0 spiro atoms. The van der Waals surface area contributed by atoms with Gasteiger partial charge in [0.05, 0.1) is 6.61 Å². The van der Waals surface area contributed by atoms with Crippen molar-refractivity contribution >= 4 is 18.0 Å². The molecule has 0 aromatic heterocycles. The molecule has 1 amide bonds. The van der Waals surface area contributed by atoms with Crippen LogP contribution in [0, 0.1) is 0 Å². The number of esters is 1. The van der Waals surface area contributed by atoms with Gasteiger partial charge in [0.2, 0.25) is 0 Å². The Morgan fingerprint density at radius 3 is 2.52 bits per heavy atom. The number of rotatable bonds is 5. The third-order valence-corrected chi connectivity index (χ3v) is 2.93. The van der Waals surface area contributed by atoms with Crippen LogP contribution in [0.5, 0.6) is 0 Å². The molecule has 1 heterocycles. The van der Waals surface area contributed by atoms with Crippen LogP contribution in [0.25, 0.3) is 0 Å². The second kappa shape index (κ2) is 7.28. The molecule has 7 nitrogen and oxygen atoms in total. The van der Waals surface area contributed by atoms with Gasteiger partial charge in [-0.2, -0.15) is 0 Å². The van der Waals surface area contributed by atoms with Gasteiger partial charge >= 0.3 is 18.0 Å². The Balaban J connectivity index is 2.46. The zero-order chi connectivity index (χ0) is 16.0. The number of hydrogen-bond donors (Lipinski definition) is 1. The molecule has 1 saturated heterocycles. The molecule has 0 saturated carbocycles. The molecule has 7 heteroatoms. The summed E-state index contributed by atoms with van der Waals surface area (Å²) in [5.74, 6) is -1.42. The van der Waals surface area contributed by atoms with E-state index < -0.39 is 29.7 Å². The minimum Gasteiger partial charge on any atom is -0.481 e. The van der Waals surface area contributed by atoms with Crippen molar-refractivity contribution in [1.82, 2.24) is 4.90 Å². The van der Waals surface area contributed by atoms with E-state index in [-0.39, 0.29) is 19.4 Å². The molecule has 1 unspecified atom stereocenters. The van der Waals surface area contributed by atoms with E-state index in [0.717, 1.165) is 0 Å². The molecule has 0 aliphatic carbocycles. The van der Waals surface area contributed by atoms with E-state index in [1.165, 1.54) is 4.90 Å². The highest BCUT2D eigenvalue weighted by molar-refractivity contribution is 5.82. The van der Waals surface area contributed by atoms with E-state index in [1.807, 2.05) is 0 Å². The molecule has 1 rings (SSSR count). The highest BCUT2D eigenvalue weighted by Crippen LogP contribution is 2.21. The topological polar surface area (TPSA) is 93.1 Å². The monoisotopic (exact) mass is 301 g/mol. The van der Waals surface area contributed by atoms with Gasteiger partial charge < -0.3 is 14.6 Å². The van der Waals surface area contributed by atoms with Crippen molar-refractivity contribution < 1.29 is 29.0 Å². The van der Waals surface area contributed by atoms with E-state index >= 15 is 0 Å². The Morgan fingerprint density at radius 2 is 1.95 bits per heavy atom. The average molecular weight is 301 g/mol. The van der Waals surface area contributed by atoms with E-state index in [9.17, 15) is 14.4 Å². The first-order chi connectivity index (χ1) is 9.70. The van der Waals surface area contributed by atoms with Gasteiger partial charge in [0.1, 0.15) is 11.6 Å². The van der Waals surface area contributed by atoms with Gasteiger partial charge in [-0.15, -0.1) is 0 Å². The molecular weight excluding hydrogens is 278 g/mol. The largest absolute Gasteiger partial charge is 0.481 e. The van der Waals surface area contributed by atoms with Gasteiger partial charge in [-0.05, 0) is 40.0 Å². The molecule has 1 aliphatic heterocycles. The first-order valence-corrected chi connectivity index (χ1v) is 7.09. The SMILES string of the molecule is CC(C)(C)OC(=O)N1CCCC1C(=O)OCCCC(=O)O. The van der Waals surface area contributed by atoms with Gasteiger partial charge in [-0.3, -0.25) is 9.69 Å². The van der Waals surface area contributed by atoms with Gasteiger partial charge in [-0.1, -0.05) is 0 Å². The van der Waals surface area contributed by atoms with E-state index in [0.29, 0.717) is 19.4 Å². The van der Waals surface area contributed by atoms with Crippen LogP contribution in [0.3, 0.4) is 0 Å². The zero-order valence-corrected chi connectivity index (χ0v) is 12.8. The number of amides is 1. The molecular formula is C14H23NO6. The fraction of sp³-hybridized carbons (Fsp3) is 0.786. The summed E-state index contributed by atoms with van der Waals surface area (Å²) >= 11 is 0. The van der Waals surface area contributed by atoms with E-state index in [2.05, 4.69) is 0 Å². The summed E-state index contributed by atoms with van der Waals surface area (Å²) in [5.41, 5.74) is -0.615. The van der Waals surface area contributed by atoms with Crippen molar-refractivity contribution in [2.45, 2.75) is 58.1 Å². The van der Waals surface area contributed by atoms with Crippen molar-refractivity contribution in [2.24, 2.45) is 0 Å². The molecule has 1 N–H and O–H groups in total. The minimum absolute atomic E-state index is 0.0454. The maximum Gasteiger partial charge on any atom is 0.411 e. The summed E-state index contributed by atoms with van der Waals surface area (Å²) in [6.45, 7) is 5.80. The Bertz CT molecular complexity index is 401. The number of likely N-dealkylation sites (tertiary alicyclic amines) is 1. The average Bonchev–Trinajstić information content (AvgIpc) is 2.81. The van der Waals surface area contributed by atoms with E-state index in [1.54, 1.807) is 20.8 Å². The quantitative estimate of drug-likeness (QED) is 0.614. The van der Waals surface area contributed by atoms with Crippen LogP contribution < -0.4 is 0 Å². The number of carbonyl (C=O) groups excluding carboxylic acids is 2. The highest BCUT2D eigenvalue weighted by atomic mass is 16.6. The first-order valence-electron chi connectivity index (χ1n) is 7.09. The molecule has 120 valence electrons. The van der Waals surface area contributed by atoms with Crippen LogP contribution in [0.1, 0.15) is 46.5 Å². The predicted octanol–water partition coefficient (Wildman–Crippen LogP) is 1.79. The summed E-state index contributed by atoms with van der Waals surface area (Å²) < 4.78 is 10.3. The number of carboxylic acid groups (broad SMARTS) is 1. The summed E-state index contributed by atoms with van der Waals surface area (Å²) in [5, 5.41) is 8.50. The molecule has 0 radical (unpaired) electrons. The number of carboxylic acids is 1. The molecule has 0 aromatic carbocycles. The fourth-order valence-electron chi connectivity index (χ4n) is 2.04. The third-order valence-electron chi connectivity index (χ3n) is 2.93. The Kier molecular flexibility index (Phi) is 5.99. The lowest BCUT2D eigenvalue weighted by Gasteiger charge is -2.27. The van der Waals surface area contributed by atoms with Crippen LogP contribution >= 0.6 is 0 Å². The molecule has 1 aliphatic rings. The Hall–Kier alpha value is -1.79. The molecule has 0 aromatic rings. The fourth-order valence-corrected chi connectivity index (χ4v) is 2.04. The van der Waals surface area contributed by atoms with Crippen molar-refractivity contribution in [3.8, 4) is 0 Å². The van der Waals surface area contributed by atoms with E-state index in [4.69, 9.17) is 14.6 Å². The molecule has 1 atom stereocenters. The van der Waals surface area contributed by atoms with Crippen molar-refractivity contribution in [1.29, 1.82) is 0 Å². The lowest BCUT2D eigenvalue weighted by molar-refractivity contribution is -0.150. The van der Waals surface area contributed by atoms with Crippen molar-refractivity contribution in [3.05, 3.63) is 0 Å². The van der Waals surface area contributed by atoms with Gasteiger partial charge in [0.15, 0.2) is 0 Å². The van der Waals surface area contributed by atoms with Crippen LogP contribution in [0.4, 0.5) is 4.79 Å². The van der Waals surface area contributed by atoms with Crippen LogP contribution in [-0.2, 0) is 19.1 Å². The smallest absolute Gasteiger partial charge is 0.411 e. The summed E-state index contributed by atoms with van der Waals surface area (Å²) in [6, 6.07) is -0.635. The Labute approximate surface area is 124 Å². The molecule has 21 heavy (non-hydrogen) atoms. The van der Waals surface area contributed by atoms with Crippen LogP contribution in [0.15, 0.2) is 0 Å². The lowest BCUT2D eigenvalue weighted by atomic mass is 10.2. The molecule has 0 bridgehead atoms. The lowest BCUT2D eigenvalue weighted by Crippen LogP contribution is -2.44. The predicted molar refractivity (Wildman–Crippen MR) is 73.8 cm³/mol. The van der Waals surface area contributed by atoms with Gasteiger partial charge in [-0.25, -0.2) is 9.59 Å². The van der Waals surface area contributed by atoms with Crippen molar-refractivity contribution in [3.63, 3.8) is 0 Å². The second-order valence-electron chi connectivity index (χ2n) is 6.00. The maximum atomic E-state index is 12.0. The summed E-state index contributed by atoms with van der Waals surface area (Å²) in [7, 11) is 0. The van der Waals surface area contributed by atoms with Gasteiger partial charge in [0.25, 0.3) is 0 Å². The minimum atomic E-state index is -0.928. The zero-order valence-electron chi connectivity index (χ0n) is 12.8. The number of carbonyl (C=O) groups is 3. The number of aliphatic carboxylic acids is 1. The normalized spacial score (nSPS) is 18.4. The number of nitrogens with zero attached hydrogens (tertiary/aromatic N) is 1.